The number of rotatable bonds is 5. The molecular weight excluding hydrogens is 325 g/mol. The summed E-state index contributed by atoms with van der Waals surface area (Å²) in [5, 5.41) is 0. The number of halogens is 3. The fourth-order valence-corrected chi connectivity index (χ4v) is 2.10. The molecular formula is C15H13F3N4O2. The van der Waals surface area contributed by atoms with Crippen LogP contribution >= 0.6 is 0 Å². The van der Waals surface area contributed by atoms with Gasteiger partial charge in [0.05, 0.1) is 12.8 Å². The van der Waals surface area contributed by atoms with Crippen molar-refractivity contribution in [1.29, 1.82) is 0 Å². The van der Waals surface area contributed by atoms with Crippen molar-refractivity contribution in [3.05, 3.63) is 30.7 Å². The van der Waals surface area contributed by atoms with Crippen LogP contribution in [0.15, 0.2) is 30.7 Å². The van der Waals surface area contributed by atoms with Crippen LogP contribution < -0.4 is 9.47 Å². The number of hydrogen-bond acceptors (Lipinski definition) is 5. The van der Waals surface area contributed by atoms with Crippen molar-refractivity contribution in [2.45, 2.75) is 13.1 Å². The molecule has 0 aliphatic heterocycles. The second kappa shape index (κ2) is 6.34. The Morgan fingerprint density at radius 3 is 2.71 bits per heavy atom. The highest BCUT2D eigenvalue weighted by Gasteiger charge is 2.29. The summed E-state index contributed by atoms with van der Waals surface area (Å²) in [5.41, 5.74) is 1.79. The highest BCUT2D eigenvalue weighted by atomic mass is 19.4. The van der Waals surface area contributed by atoms with E-state index in [4.69, 9.17) is 9.47 Å². The van der Waals surface area contributed by atoms with Crippen LogP contribution in [-0.2, 0) is 0 Å². The molecule has 6 nitrogen and oxygen atoms in total. The number of fused-ring (bicyclic) bond motifs is 1. The molecule has 0 fully saturated rings. The van der Waals surface area contributed by atoms with Crippen molar-refractivity contribution in [3.8, 4) is 22.9 Å². The highest BCUT2D eigenvalue weighted by Crippen LogP contribution is 2.33. The normalized spacial score (nSPS) is 11.7. The lowest BCUT2D eigenvalue weighted by atomic mass is 10.2. The minimum atomic E-state index is -4.42. The number of aromatic amines is 1. The average Bonchev–Trinajstić information content (AvgIpc) is 2.97. The second-order valence-electron chi connectivity index (χ2n) is 4.84. The van der Waals surface area contributed by atoms with Crippen molar-refractivity contribution in [3.63, 3.8) is 0 Å². The van der Waals surface area contributed by atoms with Gasteiger partial charge in [-0.15, -0.1) is 0 Å². The summed E-state index contributed by atoms with van der Waals surface area (Å²) in [7, 11) is 0. The highest BCUT2D eigenvalue weighted by molar-refractivity contribution is 5.75. The van der Waals surface area contributed by atoms with Crippen LogP contribution in [0.4, 0.5) is 13.2 Å². The quantitative estimate of drug-likeness (QED) is 0.772. The largest absolute Gasteiger partial charge is 0.490 e. The maximum atomic E-state index is 12.3. The molecule has 0 unspecified atom stereocenters. The Balaban J connectivity index is 1.93. The van der Waals surface area contributed by atoms with Gasteiger partial charge in [0.15, 0.2) is 23.8 Å². The first kappa shape index (κ1) is 16.0. The molecule has 24 heavy (non-hydrogen) atoms. The van der Waals surface area contributed by atoms with Gasteiger partial charge in [-0.25, -0.2) is 15.0 Å². The molecule has 0 saturated carbocycles. The maximum Gasteiger partial charge on any atom is 0.422 e. The van der Waals surface area contributed by atoms with Gasteiger partial charge in [-0.2, -0.15) is 13.2 Å². The summed E-state index contributed by atoms with van der Waals surface area (Å²) in [5.74, 6) is 0.744. The summed E-state index contributed by atoms with van der Waals surface area (Å²) in [6, 6.07) is 4.59. The third-order valence-corrected chi connectivity index (χ3v) is 3.07. The van der Waals surface area contributed by atoms with E-state index < -0.39 is 12.8 Å². The van der Waals surface area contributed by atoms with Gasteiger partial charge in [0.2, 0.25) is 0 Å². The minimum Gasteiger partial charge on any atom is -0.490 e. The third kappa shape index (κ3) is 3.55. The molecule has 0 spiro atoms. The van der Waals surface area contributed by atoms with E-state index in [1.165, 1.54) is 12.4 Å². The number of imidazole rings is 1. The van der Waals surface area contributed by atoms with Gasteiger partial charge >= 0.3 is 6.18 Å². The zero-order valence-corrected chi connectivity index (χ0v) is 12.6. The number of aromatic nitrogens is 4. The van der Waals surface area contributed by atoms with E-state index >= 15 is 0 Å². The lowest BCUT2D eigenvalue weighted by molar-refractivity contribution is -0.153. The standard InChI is InChI=1S/C15H13F3N4O2/c1-2-23-12-5-9(3-4-11(12)24-7-15(16,17)18)13-21-10-6-19-8-20-14(10)22-13/h3-6,8H,2,7H2,1H3,(H,19,20,21,22). The Morgan fingerprint density at radius 1 is 1.17 bits per heavy atom. The first-order valence-corrected chi connectivity index (χ1v) is 7.09. The monoisotopic (exact) mass is 338 g/mol. The van der Waals surface area contributed by atoms with Crippen molar-refractivity contribution in [2.75, 3.05) is 13.2 Å². The van der Waals surface area contributed by atoms with Crippen molar-refractivity contribution >= 4 is 11.2 Å². The molecule has 0 bridgehead atoms. The van der Waals surface area contributed by atoms with E-state index in [1.807, 2.05) is 0 Å². The van der Waals surface area contributed by atoms with E-state index in [2.05, 4.69) is 19.9 Å². The SMILES string of the molecule is CCOc1cc(-c2nc3ncncc3[nH]2)ccc1OCC(F)(F)F. The molecule has 126 valence electrons. The number of alkyl halides is 3. The van der Waals surface area contributed by atoms with Crippen LogP contribution in [0.3, 0.4) is 0 Å². The Morgan fingerprint density at radius 2 is 2.00 bits per heavy atom. The van der Waals surface area contributed by atoms with Crippen LogP contribution in [0.25, 0.3) is 22.6 Å². The maximum absolute atomic E-state index is 12.3. The van der Waals surface area contributed by atoms with Crippen LogP contribution in [-0.4, -0.2) is 39.3 Å². The summed E-state index contributed by atoms with van der Waals surface area (Å²) >= 11 is 0. The molecule has 1 N–H and O–H groups in total. The number of benzene rings is 1. The van der Waals surface area contributed by atoms with Crippen LogP contribution in [0.2, 0.25) is 0 Å². The fraction of sp³-hybridized carbons (Fsp3) is 0.267. The molecule has 0 radical (unpaired) electrons. The summed E-state index contributed by atoms with van der Waals surface area (Å²) < 4.78 is 47.2. The van der Waals surface area contributed by atoms with Gasteiger partial charge in [-0.3, -0.25) is 0 Å². The molecule has 2 aromatic heterocycles. The van der Waals surface area contributed by atoms with Gasteiger partial charge in [-0.05, 0) is 25.1 Å². The molecule has 0 saturated heterocycles. The lowest BCUT2D eigenvalue weighted by Crippen LogP contribution is -2.19. The van der Waals surface area contributed by atoms with E-state index in [0.29, 0.717) is 22.6 Å². The van der Waals surface area contributed by atoms with Gasteiger partial charge in [0, 0.05) is 5.56 Å². The van der Waals surface area contributed by atoms with Crippen LogP contribution in [0, 0.1) is 0 Å². The number of hydrogen-bond donors (Lipinski definition) is 1. The zero-order chi connectivity index (χ0) is 17.2. The predicted molar refractivity (Wildman–Crippen MR) is 79.8 cm³/mol. The number of ether oxygens (including phenoxy) is 2. The minimum absolute atomic E-state index is 0.0221. The molecule has 9 heteroatoms. The van der Waals surface area contributed by atoms with E-state index in [1.54, 1.807) is 25.3 Å². The Kier molecular flexibility index (Phi) is 4.24. The Labute approximate surface area is 134 Å². The van der Waals surface area contributed by atoms with Gasteiger partial charge in [0.1, 0.15) is 17.7 Å². The van der Waals surface area contributed by atoms with Crippen LogP contribution in [0.5, 0.6) is 11.5 Å². The Hall–Kier alpha value is -2.84. The average molecular weight is 338 g/mol. The molecule has 2 heterocycles. The van der Waals surface area contributed by atoms with Crippen molar-refractivity contribution in [1.82, 2.24) is 19.9 Å². The molecule has 0 aliphatic rings. The lowest BCUT2D eigenvalue weighted by Gasteiger charge is -2.14. The smallest absolute Gasteiger partial charge is 0.422 e. The van der Waals surface area contributed by atoms with Gasteiger partial charge in [0.25, 0.3) is 0 Å². The molecule has 3 rings (SSSR count). The predicted octanol–water partition coefficient (Wildman–Crippen LogP) is 3.36. The number of H-pyrrole nitrogens is 1. The molecule has 0 amide bonds. The molecule has 3 aromatic rings. The second-order valence-corrected chi connectivity index (χ2v) is 4.84. The number of nitrogens with one attached hydrogen (secondary N) is 1. The van der Waals surface area contributed by atoms with Gasteiger partial charge in [-0.1, -0.05) is 0 Å². The fourth-order valence-electron chi connectivity index (χ4n) is 2.10. The van der Waals surface area contributed by atoms with Gasteiger partial charge < -0.3 is 14.5 Å². The molecule has 0 atom stereocenters. The molecule has 0 aliphatic carbocycles. The van der Waals surface area contributed by atoms with Crippen molar-refractivity contribution in [2.24, 2.45) is 0 Å². The first-order chi connectivity index (χ1) is 11.5. The molecule has 1 aromatic carbocycles. The topological polar surface area (TPSA) is 72.9 Å². The van der Waals surface area contributed by atoms with Crippen molar-refractivity contribution < 1.29 is 22.6 Å². The summed E-state index contributed by atoms with van der Waals surface area (Å²) in [4.78, 5) is 15.3. The zero-order valence-electron chi connectivity index (χ0n) is 12.6. The van der Waals surface area contributed by atoms with E-state index in [9.17, 15) is 13.2 Å². The summed E-state index contributed by atoms with van der Waals surface area (Å²) in [6.07, 6.45) is -1.45. The number of nitrogens with zero attached hydrogens (tertiary/aromatic N) is 3. The van der Waals surface area contributed by atoms with E-state index in [0.717, 1.165) is 0 Å². The Bertz CT molecular complexity index is 815. The summed E-state index contributed by atoms with van der Waals surface area (Å²) in [6.45, 7) is 0.640. The third-order valence-electron chi connectivity index (χ3n) is 3.07. The first-order valence-electron chi connectivity index (χ1n) is 7.09. The van der Waals surface area contributed by atoms with Crippen LogP contribution in [0.1, 0.15) is 6.92 Å². The van der Waals surface area contributed by atoms with E-state index in [-0.39, 0.29) is 18.1 Å².